The first-order chi connectivity index (χ1) is 16.1. The van der Waals surface area contributed by atoms with Gasteiger partial charge in [0.2, 0.25) is 11.6 Å². The summed E-state index contributed by atoms with van der Waals surface area (Å²) in [5, 5.41) is 2.70. The molecule has 0 aliphatic rings. The number of hydrogen-bond acceptors (Lipinski definition) is 6. The molecule has 0 saturated carbocycles. The Bertz CT molecular complexity index is 1260. The molecule has 3 rings (SSSR count). The summed E-state index contributed by atoms with van der Waals surface area (Å²) in [6, 6.07) is 14.7. The first-order valence-corrected chi connectivity index (χ1v) is 9.94. The lowest BCUT2D eigenvalue weighted by molar-refractivity contribution is -0.0925. The van der Waals surface area contributed by atoms with E-state index < -0.39 is 23.7 Å². The zero-order chi connectivity index (χ0) is 24.9. The molecular formula is C23H17ClF3N3O4. The predicted molar refractivity (Wildman–Crippen MR) is 120 cm³/mol. The van der Waals surface area contributed by atoms with E-state index in [1.807, 2.05) is 0 Å². The van der Waals surface area contributed by atoms with Gasteiger partial charge in [-0.2, -0.15) is 13.2 Å². The number of ether oxygens (including phenoxy) is 1. The molecule has 1 heterocycles. The molecule has 0 aliphatic carbocycles. The molecule has 34 heavy (non-hydrogen) atoms. The van der Waals surface area contributed by atoms with Crippen LogP contribution in [0.5, 0.6) is 0 Å². The minimum Gasteiger partial charge on any atom is -0.463 e. The van der Waals surface area contributed by atoms with Crippen molar-refractivity contribution in [3.05, 3.63) is 94.3 Å². The summed E-state index contributed by atoms with van der Waals surface area (Å²) in [7, 11) is 1.19. The van der Waals surface area contributed by atoms with Crippen LogP contribution in [-0.4, -0.2) is 30.9 Å². The number of nitrogens with zero attached hydrogens (tertiary/aromatic N) is 1. The van der Waals surface area contributed by atoms with Crippen LogP contribution in [0.25, 0.3) is 0 Å². The third-order valence-corrected chi connectivity index (χ3v) is 4.70. The number of esters is 1. The van der Waals surface area contributed by atoms with Gasteiger partial charge in [-0.1, -0.05) is 35.9 Å². The Balaban J connectivity index is 1.89. The standard InChI is InChI=1S/C23H17ClF3N3O4/c1-33-22(32)18-10-11-20(34-18)30-21(31)14-8-6-13(7-9-14)17(12-19(28)23(25,26)27)29-16-5-3-2-4-15(16)24/h2-12H,28H2,1H3,(H,30,31). The summed E-state index contributed by atoms with van der Waals surface area (Å²) in [5.74, 6) is -1.37. The summed E-state index contributed by atoms with van der Waals surface area (Å²) in [5.41, 5.74) is 4.41. The molecule has 3 aromatic rings. The third kappa shape index (κ3) is 6.04. The number of hydrogen-bond donors (Lipinski definition) is 2. The normalized spacial score (nSPS) is 12.4. The van der Waals surface area contributed by atoms with E-state index in [1.54, 1.807) is 18.2 Å². The number of carbonyl (C=O) groups is 2. The van der Waals surface area contributed by atoms with Gasteiger partial charge in [-0.05, 0) is 36.4 Å². The molecule has 0 atom stereocenters. The van der Waals surface area contributed by atoms with Crippen molar-refractivity contribution in [1.29, 1.82) is 0 Å². The lowest BCUT2D eigenvalue weighted by atomic mass is 10.1. The molecule has 11 heteroatoms. The predicted octanol–water partition coefficient (Wildman–Crippen LogP) is 5.50. The van der Waals surface area contributed by atoms with Gasteiger partial charge in [0.05, 0.1) is 23.5 Å². The van der Waals surface area contributed by atoms with Crippen molar-refractivity contribution in [3.8, 4) is 0 Å². The zero-order valence-electron chi connectivity index (χ0n) is 17.5. The third-order valence-electron chi connectivity index (χ3n) is 4.39. The lowest BCUT2D eigenvalue weighted by Crippen LogP contribution is -2.21. The highest BCUT2D eigenvalue weighted by Crippen LogP contribution is 2.27. The number of rotatable bonds is 6. The Morgan fingerprint density at radius 3 is 2.32 bits per heavy atom. The van der Waals surface area contributed by atoms with Crippen LogP contribution < -0.4 is 11.1 Å². The molecule has 1 aromatic heterocycles. The maximum absolute atomic E-state index is 13.0. The minimum absolute atomic E-state index is 0.0105. The number of nitrogens with one attached hydrogen (secondary N) is 1. The summed E-state index contributed by atoms with van der Waals surface area (Å²) >= 11 is 6.08. The van der Waals surface area contributed by atoms with Crippen molar-refractivity contribution in [2.24, 2.45) is 10.7 Å². The van der Waals surface area contributed by atoms with E-state index in [0.717, 1.165) is 0 Å². The Morgan fingerprint density at radius 1 is 1.06 bits per heavy atom. The van der Waals surface area contributed by atoms with Gasteiger partial charge in [0, 0.05) is 17.2 Å². The first-order valence-electron chi connectivity index (χ1n) is 9.56. The lowest BCUT2D eigenvalue weighted by Gasteiger charge is -2.10. The second-order valence-electron chi connectivity index (χ2n) is 6.73. The molecule has 0 fully saturated rings. The van der Waals surface area contributed by atoms with Crippen molar-refractivity contribution in [1.82, 2.24) is 0 Å². The summed E-state index contributed by atoms with van der Waals surface area (Å²) < 4.78 is 48.8. The molecule has 0 bridgehead atoms. The van der Waals surface area contributed by atoms with Gasteiger partial charge < -0.3 is 14.9 Å². The number of alkyl halides is 3. The van der Waals surface area contributed by atoms with Crippen molar-refractivity contribution < 1.29 is 31.9 Å². The van der Waals surface area contributed by atoms with Gasteiger partial charge in [0.1, 0.15) is 5.70 Å². The number of aliphatic imine (C=N–C) groups is 1. The average molecular weight is 492 g/mol. The number of furan rings is 1. The molecule has 0 spiro atoms. The molecule has 0 unspecified atom stereocenters. The van der Waals surface area contributed by atoms with E-state index in [9.17, 15) is 22.8 Å². The fourth-order valence-electron chi connectivity index (χ4n) is 2.67. The summed E-state index contributed by atoms with van der Waals surface area (Å²) in [4.78, 5) is 28.1. The highest BCUT2D eigenvalue weighted by atomic mass is 35.5. The van der Waals surface area contributed by atoms with Gasteiger partial charge in [0.15, 0.2) is 0 Å². The van der Waals surface area contributed by atoms with Crippen LogP contribution in [0.1, 0.15) is 26.5 Å². The Morgan fingerprint density at radius 2 is 1.71 bits per heavy atom. The Hall–Kier alpha value is -4.05. The first kappa shape index (κ1) is 24.6. The van der Waals surface area contributed by atoms with E-state index >= 15 is 0 Å². The maximum Gasteiger partial charge on any atom is 0.430 e. The highest BCUT2D eigenvalue weighted by molar-refractivity contribution is 6.33. The SMILES string of the molecule is COC(=O)c1ccc(NC(=O)c2ccc(C(C=C(N)C(F)(F)F)=Nc3ccccc3Cl)cc2)o1. The fourth-order valence-corrected chi connectivity index (χ4v) is 2.85. The molecule has 0 saturated heterocycles. The van der Waals surface area contributed by atoms with Gasteiger partial charge in [-0.3, -0.25) is 10.1 Å². The number of halogens is 4. The van der Waals surface area contributed by atoms with E-state index in [4.69, 9.17) is 21.8 Å². The number of methoxy groups -OCH3 is 1. The molecule has 0 radical (unpaired) electrons. The van der Waals surface area contributed by atoms with Crippen molar-refractivity contribution >= 4 is 40.8 Å². The summed E-state index contributed by atoms with van der Waals surface area (Å²) in [6.07, 6.45) is -4.07. The number of anilines is 1. The number of nitrogens with two attached hydrogens (primary N) is 1. The molecule has 2 aromatic carbocycles. The van der Waals surface area contributed by atoms with Crippen LogP contribution in [0, 0.1) is 0 Å². The number of benzene rings is 2. The van der Waals surface area contributed by atoms with Crippen LogP contribution in [0.3, 0.4) is 0 Å². The average Bonchev–Trinajstić information content (AvgIpc) is 3.27. The topological polar surface area (TPSA) is 107 Å². The van der Waals surface area contributed by atoms with Crippen LogP contribution in [-0.2, 0) is 4.74 Å². The molecule has 1 amide bonds. The molecular weight excluding hydrogens is 475 g/mol. The van der Waals surface area contributed by atoms with Gasteiger partial charge in [-0.25, -0.2) is 9.79 Å². The number of para-hydroxylation sites is 1. The number of amides is 1. The fraction of sp³-hybridized carbons (Fsp3) is 0.0870. The van der Waals surface area contributed by atoms with E-state index in [2.05, 4.69) is 15.0 Å². The van der Waals surface area contributed by atoms with Gasteiger partial charge >= 0.3 is 12.1 Å². The monoisotopic (exact) mass is 491 g/mol. The molecule has 3 N–H and O–H groups in total. The Kier molecular flexibility index (Phi) is 7.42. The highest BCUT2D eigenvalue weighted by Gasteiger charge is 2.31. The van der Waals surface area contributed by atoms with Crippen molar-refractivity contribution in [3.63, 3.8) is 0 Å². The second-order valence-corrected chi connectivity index (χ2v) is 7.14. The van der Waals surface area contributed by atoms with Crippen LogP contribution in [0.4, 0.5) is 24.7 Å². The zero-order valence-corrected chi connectivity index (χ0v) is 18.3. The van der Waals surface area contributed by atoms with Gasteiger partial charge in [0.25, 0.3) is 5.91 Å². The van der Waals surface area contributed by atoms with Crippen LogP contribution in [0.2, 0.25) is 5.02 Å². The quantitative estimate of drug-likeness (QED) is 0.350. The van der Waals surface area contributed by atoms with E-state index in [-0.39, 0.29) is 39.2 Å². The summed E-state index contributed by atoms with van der Waals surface area (Å²) in [6.45, 7) is 0. The largest absolute Gasteiger partial charge is 0.463 e. The van der Waals surface area contributed by atoms with Crippen LogP contribution >= 0.6 is 11.6 Å². The number of carbonyl (C=O) groups excluding carboxylic acids is 2. The second kappa shape index (κ2) is 10.3. The van der Waals surface area contributed by atoms with Gasteiger partial charge in [-0.15, -0.1) is 0 Å². The number of allylic oxidation sites excluding steroid dienone is 2. The van der Waals surface area contributed by atoms with Crippen molar-refractivity contribution in [2.75, 3.05) is 12.4 Å². The smallest absolute Gasteiger partial charge is 0.430 e. The molecule has 0 aliphatic heterocycles. The van der Waals surface area contributed by atoms with E-state index in [1.165, 1.54) is 49.6 Å². The molecule has 176 valence electrons. The Labute approximate surface area is 196 Å². The van der Waals surface area contributed by atoms with Crippen LogP contribution in [0.15, 0.2) is 81.8 Å². The minimum atomic E-state index is -4.76. The van der Waals surface area contributed by atoms with Crippen molar-refractivity contribution in [2.45, 2.75) is 6.18 Å². The maximum atomic E-state index is 13.0. The molecule has 7 nitrogen and oxygen atoms in total. The van der Waals surface area contributed by atoms with E-state index in [0.29, 0.717) is 6.08 Å².